The Morgan fingerprint density at radius 3 is 2.86 bits per heavy atom. The van der Waals surface area contributed by atoms with Crippen molar-refractivity contribution in [1.29, 1.82) is 0 Å². The topological polar surface area (TPSA) is 15.3 Å². The zero-order chi connectivity index (χ0) is 10.2. The van der Waals surface area contributed by atoms with Crippen molar-refractivity contribution in [3.63, 3.8) is 0 Å². The van der Waals surface area contributed by atoms with Crippen molar-refractivity contribution < 1.29 is 0 Å². The predicted molar refractivity (Wildman–Crippen MR) is 62.6 cm³/mol. The molecule has 84 valence electrons. The van der Waals surface area contributed by atoms with Crippen molar-refractivity contribution in [2.24, 2.45) is 5.92 Å². The first-order valence-electron chi connectivity index (χ1n) is 6.20. The summed E-state index contributed by atoms with van der Waals surface area (Å²) in [4.78, 5) is 2.65. The van der Waals surface area contributed by atoms with Crippen LogP contribution in [0.3, 0.4) is 0 Å². The molecule has 0 aromatic carbocycles. The van der Waals surface area contributed by atoms with Crippen LogP contribution in [0.15, 0.2) is 0 Å². The molecular formula is C12H26N2. The van der Waals surface area contributed by atoms with Gasteiger partial charge in [0.05, 0.1) is 0 Å². The molecule has 1 saturated heterocycles. The van der Waals surface area contributed by atoms with E-state index < -0.39 is 0 Å². The Labute approximate surface area is 89.1 Å². The van der Waals surface area contributed by atoms with Crippen molar-refractivity contribution in [3.05, 3.63) is 0 Å². The molecule has 1 rings (SSSR count). The van der Waals surface area contributed by atoms with Crippen LogP contribution in [-0.4, -0.2) is 38.1 Å². The molecule has 0 aliphatic carbocycles. The Kier molecular flexibility index (Phi) is 6.20. The molecule has 0 bridgehead atoms. The summed E-state index contributed by atoms with van der Waals surface area (Å²) < 4.78 is 0. The number of nitrogens with zero attached hydrogens (tertiary/aromatic N) is 1. The number of likely N-dealkylation sites (tertiary alicyclic amines) is 1. The Balaban J connectivity index is 2.05. The molecule has 0 spiro atoms. The van der Waals surface area contributed by atoms with Crippen LogP contribution < -0.4 is 5.32 Å². The fraction of sp³-hybridized carbons (Fsp3) is 1.00. The molecular weight excluding hydrogens is 172 g/mol. The highest BCUT2D eigenvalue weighted by Crippen LogP contribution is 2.16. The molecule has 2 heteroatoms. The van der Waals surface area contributed by atoms with Crippen LogP contribution in [0.4, 0.5) is 0 Å². The molecule has 14 heavy (non-hydrogen) atoms. The van der Waals surface area contributed by atoms with Gasteiger partial charge in [0.15, 0.2) is 0 Å². The maximum absolute atomic E-state index is 3.21. The fourth-order valence-corrected chi connectivity index (χ4v) is 2.18. The Morgan fingerprint density at radius 2 is 2.07 bits per heavy atom. The summed E-state index contributed by atoms with van der Waals surface area (Å²) in [7, 11) is 2.04. The van der Waals surface area contributed by atoms with E-state index in [0.717, 1.165) is 5.92 Å². The zero-order valence-electron chi connectivity index (χ0n) is 9.89. The van der Waals surface area contributed by atoms with Crippen LogP contribution in [-0.2, 0) is 0 Å². The van der Waals surface area contributed by atoms with Crippen molar-refractivity contribution >= 4 is 0 Å². The highest BCUT2D eigenvalue weighted by molar-refractivity contribution is 4.67. The van der Waals surface area contributed by atoms with Gasteiger partial charge in [0.25, 0.3) is 0 Å². The van der Waals surface area contributed by atoms with Gasteiger partial charge in [-0.3, -0.25) is 0 Å². The van der Waals surface area contributed by atoms with Gasteiger partial charge >= 0.3 is 0 Å². The SMILES string of the molecule is CNCCCCN1CCCC(C)CC1. The molecule has 1 atom stereocenters. The van der Waals surface area contributed by atoms with E-state index >= 15 is 0 Å². The lowest BCUT2D eigenvalue weighted by Crippen LogP contribution is -2.26. The van der Waals surface area contributed by atoms with Gasteiger partial charge in [-0.1, -0.05) is 6.92 Å². The van der Waals surface area contributed by atoms with Crippen molar-refractivity contribution in [1.82, 2.24) is 10.2 Å². The minimum atomic E-state index is 0.956. The van der Waals surface area contributed by atoms with E-state index in [2.05, 4.69) is 17.1 Å². The second-order valence-electron chi connectivity index (χ2n) is 4.69. The van der Waals surface area contributed by atoms with Gasteiger partial charge in [0.2, 0.25) is 0 Å². The lowest BCUT2D eigenvalue weighted by Gasteiger charge is -2.19. The predicted octanol–water partition coefficient (Wildman–Crippen LogP) is 2.11. The van der Waals surface area contributed by atoms with Gasteiger partial charge in [0.1, 0.15) is 0 Å². The molecule has 0 aromatic heterocycles. The van der Waals surface area contributed by atoms with Gasteiger partial charge in [-0.2, -0.15) is 0 Å². The Hall–Kier alpha value is -0.0800. The van der Waals surface area contributed by atoms with Crippen LogP contribution in [0.25, 0.3) is 0 Å². The normalized spacial score (nSPS) is 24.9. The zero-order valence-corrected chi connectivity index (χ0v) is 9.89. The van der Waals surface area contributed by atoms with Crippen LogP contribution in [0.1, 0.15) is 39.0 Å². The maximum Gasteiger partial charge on any atom is -0.00162 e. The van der Waals surface area contributed by atoms with Crippen LogP contribution >= 0.6 is 0 Å². The molecule has 0 aromatic rings. The van der Waals surface area contributed by atoms with E-state index in [1.807, 2.05) is 7.05 Å². The largest absolute Gasteiger partial charge is 0.320 e. The molecule has 1 aliphatic rings. The number of unbranched alkanes of at least 4 members (excludes halogenated alkanes) is 1. The quantitative estimate of drug-likeness (QED) is 0.681. The van der Waals surface area contributed by atoms with Crippen LogP contribution in [0.5, 0.6) is 0 Å². The van der Waals surface area contributed by atoms with E-state index in [-0.39, 0.29) is 0 Å². The third-order valence-electron chi connectivity index (χ3n) is 3.26. The second kappa shape index (κ2) is 7.24. The van der Waals surface area contributed by atoms with Gasteiger partial charge in [-0.15, -0.1) is 0 Å². The summed E-state index contributed by atoms with van der Waals surface area (Å²) in [6.45, 7) is 7.55. The molecule has 1 N–H and O–H groups in total. The van der Waals surface area contributed by atoms with E-state index in [0.29, 0.717) is 0 Å². The molecule has 1 heterocycles. The van der Waals surface area contributed by atoms with E-state index in [1.165, 1.54) is 58.3 Å². The average Bonchev–Trinajstić information content (AvgIpc) is 2.38. The first-order chi connectivity index (χ1) is 6.83. The lowest BCUT2D eigenvalue weighted by atomic mass is 10.0. The summed E-state index contributed by atoms with van der Waals surface area (Å²) in [6, 6.07) is 0. The lowest BCUT2D eigenvalue weighted by molar-refractivity contribution is 0.275. The smallest absolute Gasteiger partial charge is 0.00162 e. The Morgan fingerprint density at radius 1 is 1.21 bits per heavy atom. The molecule has 0 saturated carbocycles. The highest BCUT2D eigenvalue weighted by atomic mass is 15.1. The minimum absolute atomic E-state index is 0.956. The van der Waals surface area contributed by atoms with Crippen molar-refractivity contribution in [3.8, 4) is 0 Å². The van der Waals surface area contributed by atoms with E-state index in [9.17, 15) is 0 Å². The third-order valence-corrected chi connectivity index (χ3v) is 3.26. The van der Waals surface area contributed by atoms with Gasteiger partial charge in [-0.25, -0.2) is 0 Å². The molecule has 2 nitrogen and oxygen atoms in total. The molecule has 1 aliphatic heterocycles. The van der Waals surface area contributed by atoms with Crippen molar-refractivity contribution in [2.75, 3.05) is 33.2 Å². The van der Waals surface area contributed by atoms with E-state index in [1.54, 1.807) is 0 Å². The molecule has 0 amide bonds. The number of hydrogen-bond donors (Lipinski definition) is 1. The van der Waals surface area contributed by atoms with Gasteiger partial charge in [0, 0.05) is 0 Å². The molecule has 1 unspecified atom stereocenters. The van der Waals surface area contributed by atoms with Gasteiger partial charge in [-0.05, 0) is 71.2 Å². The number of rotatable bonds is 5. The van der Waals surface area contributed by atoms with Crippen LogP contribution in [0.2, 0.25) is 0 Å². The van der Waals surface area contributed by atoms with Crippen molar-refractivity contribution in [2.45, 2.75) is 39.0 Å². The standard InChI is InChI=1S/C12H26N2/c1-12-6-5-10-14(11-7-12)9-4-3-8-13-2/h12-13H,3-11H2,1-2H3. The van der Waals surface area contributed by atoms with Gasteiger partial charge < -0.3 is 10.2 Å². The number of nitrogens with one attached hydrogen (secondary N) is 1. The summed E-state index contributed by atoms with van der Waals surface area (Å²) in [5, 5.41) is 3.21. The first-order valence-corrected chi connectivity index (χ1v) is 6.20. The van der Waals surface area contributed by atoms with E-state index in [4.69, 9.17) is 0 Å². The summed E-state index contributed by atoms with van der Waals surface area (Å²) in [5.41, 5.74) is 0. The average molecular weight is 198 g/mol. The fourth-order valence-electron chi connectivity index (χ4n) is 2.18. The summed E-state index contributed by atoms with van der Waals surface area (Å²) in [5.74, 6) is 0.956. The second-order valence-corrected chi connectivity index (χ2v) is 4.69. The number of hydrogen-bond acceptors (Lipinski definition) is 2. The molecule has 0 radical (unpaired) electrons. The first kappa shape index (κ1) is 12.0. The summed E-state index contributed by atoms with van der Waals surface area (Å²) in [6.07, 6.45) is 6.93. The highest BCUT2D eigenvalue weighted by Gasteiger charge is 2.12. The monoisotopic (exact) mass is 198 g/mol. The molecule has 1 fully saturated rings. The Bertz CT molecular complexity index is 136. The van der Waals surface area contributed by atoms with Crippen LogP contribution in [0, 0.1) is 5.92 Å². The summed E-state index contributed by atoms with van der Waals surface area (Å²) >= 11 is 0. The maximum atomic E-state index is 3.21. The minimum Gasteiger partial charge on any atom is -0.320 e. The third kappa shape index (κ3) is 4.97.